The van der Waals surface area contributed by atoms with Crippen molar-refractivity contribution >= 4 is 68.4 Å². The normalized spacial score (nSPS) is 13.1. The lowest BCUT2D eigenvalue weighted by Gasteiger charge is -2.19. The molecule has 0 aliphatic heterocycles. The summed E-state index contributed by atoms with van der Waals surface area (Å²) in [5.74, 6) is 2.75. The third-order valence-corrected chi connectivity index (χ3v) is 9.91. The van der Waals surface area contributed by atoms with Crippen LogP contribution in [-0.4, -0.2) is 111 Å². The molecule has 314 valence electrons. The second kappa shape index (κ2) is 20.7. The van der Waals surface area contributed by atoms with Crippen molar-refractivity contribution in [3.8, 4) is 0 Å². The molecule has 18 heteroatoms. The topological polar surface area (TPSA) is 263 Å². The summed E-state index contributed by atoms with van der Waals surface area (Å²) in [6.07, 6.45) is 6.34. The van der Waals surface area contributed by atoms with Gasteiger partial charge in [0.1, 0.15) is 16.6 Å². The molecule has 0 amide bonds. The number of hydrogen-bond acceptors (Lipinski definition) is 18. The van der Waals surface area contributed by atoms with E-state index in [-0.39, 0.29) is 43.9 Å². The molecule has 6 heterocycles. The van der Waals surface area contributed by atoms with Crippen LogP contribution in [0.25, 0.3) is 33.1 Å². The van der Waals surface area contributed by atoms with E-state index in [2.05, 4.69) is 58.4 Å². The zero-order valence-corrected chi connectivity index (χ0v) is 34.3. The van der Waals surface area contributed by atoms with Gasteiger partial charge in [-0.15, -0.1) is 0 Å². The van der Waals surface area contributed by atoms with Crippen molar-refractivity contribution in [2.75, 3.05) is 65.2 Å². The van der Waals surface area contributed by atoms with E-state index in [1.54, 1.807) is 0 Å². The van der Waals surface area contributed by atoms with Crippen molar-refractivity contribution in [1.29, 1.82) is 0 Å². The van der Waals surface area contributed by atoms with E-state index < -0.39 is 0 Å². The van der Waals surface area contributed by atoms with Crippen molar-refractivity contribution in [3.63, 3.8) is 0 Å². The SMILES string of the molecule is CCC[C@H](CO)Nc1nc(NCCCC[C@H](CO)Nc2nc(NCCCC[C@@H](CO)Nc3nc(N)nc4ccc(C)nc34)nc3ccc(C)nc23)nc2ccc(C)nc12. The lowest BCUT2D eigenvalue weighted by atomic mass is 10.1. The molecule has 0 aromatic carbocycles. The Balaban J connectivity index is 1.02. The van der Waals surface area contributed by atoms with Crippen molar-refractivity contribution in [3.05, 3.63) is 53.5 Å². The molecule has 0 unspecified atom stereocenters. The van der Waals surface area contributed by atoms with Crippen molar-refractivity contribution in [1.82, 2.24) is 44.9 Å². The third-order valence-electron chi connectivity index (χ3n) is 9.91. The summed E-state index contributed by atoms with van der Waals surface area (Å²) in [6.45, 7) is 8.91. The molecule has 0 fully saturated rings. The minimum absolute atomic E-state index is 0.00259. The van der Waals surface area contributed by atoms with Crippen molar-refractivity contribution < 1.29 is 15.3 Å². The van der Waals surface area contributed by atoms with Gasteiger partial charge in [0.2, 0.25) is 17.8 Å². The highest BCUT2D eigenvalue weighted by Crippen LogP contribution is 2.25. The summed E-state index contributed by atoms with van der Waals surface area (Å²) in [4.78, 5) is 41.5. The predicted molar refractivity (Wildman–Crippen MR) is 234 cm³/mol. The molecule has 0 radical (unpaired) electrons. The number of anilines is 6. The number of aromatic nitrogens is 9. The first kappa shape index (κ1) is 42.7. The van der Waals surface area contributed by atoms with Gasteiger partial charge in [-0.05, 0) is 102 Å². The maximum Gasteiger partial charge on any atom is 0.225 e. The summed E-state index contributed by atoms with van der Waals surface area (Å²) < 4.78 is 0. The lowest BCUT2D eigenvalue weighted by Crippen LogP contribution is -2.25. The van der Waals surface area contributed by atoms with Gasteiger partial charge in [0.15, 0.2) is 17.5 Å². The predicted octanol–water partition coefficient (Wildman–Crippen LogP) is 4.89. The van der Waals surface area contributed by atoms with E-state index >= 15 is 0 Å². The maximum absolute atomic E-state index is 10.4. The molecule has 6 aromatic rings. The van der Waals surface area contributed by atoms with Crippen LogP contribution in [-0.2, 0) is 0 Å². The summed E-state index contributed by atoms with van der Waals surface area (Å²) in [6, 6.07) is 10.8. The van der Waals surface area contributed by atoms with Crippen LogP contribution < -0.4 is 32.3 Å². The van der Waals surface area contributed by atoms with E-state index in [4.69, 9.17) is 25.7 Å². The Kier molecular flexibility index (Phi) is 15.0. The van der Waals surface area contributed by atoms with E-state index in [9.17, 15) is 15.3 Å². The summed E-state index contributed by atoms with van der Waals surface area (Å²) in [5, 5.41) is 47.2. The highest BCUT2D eigenvalue weighted by Gasteiger charge is 2.17. The summed E-state index contributed by atoms with van der Waals surface area (Å²) >= 11 is 0. The number of nitrogens with zero attached hydrogens (tertiary/aromatic N) is 9. The molecule has 18 nitrogen and oxygen atoms in total. The molecule has 0 aliphatic rings. The first-order chi connectivity index (χ1) is 28.7. The van der Waals surface area contributed by atoms with Gasteiger partial charge in [-0.3, -0.25) is 0 Å². The van der Waals surface area contributed by atoms with Crippen LogP contribution in [0.4, 0.5) is 35.3 Å². The van der Waals surface area contributed by atoms with Crippen LogP contribution in [0.15, 0.2) is 36.4 Å². The van der Waals surface area contributed by atoms with Gasteiger partial charge >= 0.3 is 0 Å². The lowest BCUT2D eigenvalue weighted by molar-refractivity contribution is 0.266. The second-order valence-corrected chi connectivity index (χ2v) is 14.9. The fraction of sp³-hybridized carbons (Fsp3) is 0.488. The molecule has 59 heavy (non-hydrogen) atoms. The minimum Gasteiger partial charge on any atom is -0.394 e. The maximum atomic E-state index is 10.4. The van der Waals surface area contributed by atoms with Gasteiger partial charge < -0.3 is 47.6 Å². The summed E-state index contributed by atoms with van der Waals surface area (Å²) in [5.41, 5.74) is 12.5. The Labute approximate surface area is 343 Å². The molecule has 6 aromatic heterocycles. The van der Waals surface area contributed by atoms with Crippen LogP contribution in [0.1, 0.15) is 75.4 Å². The van der Waals surface area contributed by atoms with Crippen LogP contribution >= 0.6 is 0 Å². The Bertz CT molecular complexity index is 2310. The zero-order chi connectivity index (χ0) is 41.7. The Morgan fingerprint density at radius 3 is 1.29 bits per heavy atom. The molecule has 6 rings (SSSR count). The van der Waals surface area contributed by atoms with E-state index in [1.165, 1.54) is 0 Å². The largest absolute Gasteiger partial charge is 0.394 e. The molecule has 0 bridgehead atoms. The van der Waals surface area contributed by atoms with Crippen molar-refractivity contribution in [2.24, 2.45) is 0 Å². The standard InChI is InChI=1S/C41H57N15O3/c1-5-10-27(21-57)48-37-34-31(17-14-25(3)46-34)52-40(55-37)43-20-9-7-12-29(23-59)50-38-35-32(18-15-26(4)47-35)53-41(56-38)44-19-8-6-11-28(22-58)49-36-33-30(51-39(42)54-36)16-13-24(2)45-33/h13-18,27-29,57-59H,5-12,19-23H2,1-4H3,(H3,42,49,51,54)(H2,43,48,52,55)(H2,44,50,53,56)/t27-,28+,29-/m1/s1. The quantitative estimate of drug-likeness (QED) is 0.0390. The van der Waals surface area contributed by atoms with Crippen molar-refractivity contribution in [2.45, 2.75) is 97.2 Å². The van der Waals surface area contributed by atoms with Gasteiger partial charge in [0.05, 0.1) is 54.5 Å². The first-order valence-electron chi connectivity index (χ1n) is 20.5. The van der Waals surface area contributed by atoms with Crippen LogP contribution in [0, 0.1) is 20.8 Å². The molecular formula is C41H57N15O3. The van der Waals surface area contributed by atoms with Crippen LogP contribution in [0.2, 0.25) is 0 Å². The molecule has 0 saturated carbocycles. The second-order valence-electron chi connectivity index (χ2n) is 14.9. The smallest absolute Gasteiger partial charge is 0.225 e. The molecular weight excluding hydrogens is 751 g/mol. The summed E-state index contributed by atoms with van der Waals surface area (Å²) in [7, 11) is 0. The number of nitrogens with two attached hydrogens (primary N) is 1. The molecule has 0 spiro atoms. The number of aryl methyl sites for hydroxylation is 3. The average molecular weight is 808 g/mol. The number of unbranched alkanes of at least 4 members (excludes halogenated alkanes) is 2. The van der Waals surface area contributed by atoms with E-state index in [0.29, 0.717) is 82.9 Å². The van der Waals surface area contributed by atoms with Crippen LogP contribution in [0.3, 0.4) is 0 Å². The highest BCUT2D eigenvalue weighted by molar-refractivity contribution is 5.88. The number of pyridine rings is 3. The number of aliphatic hydroxyl groups excluding tert-OH is 3. The van der Waals surface area contributed by atoms with Gasteiger partial charge in [-0.1, -0.05) is 13.3 Å². The monoisotopic (exact) mass is 807 g/mol. The van der Waals surface area contributed by atoms with Gasteiger partial charge in [0, 0.05) is 30.2 Å². The fourth-order valence-corrected chi connectivity index (χ4v) is 6.80. The Morgan fingerprint density at radius 1 is 0.492 bits per heavy atom. The molecule has 10 N–H and O–H groups in total. The number of rotatable bonds is 23. The molecule has 0 saturated heterocycles. The Morgan fingerprint density at radius 2 is 0.881 bits per heavy atom. The number of hydrogen-bond donors (Lipinski definition) is 9. The zero-order valence-electron chi connectivity index (χ0n) is 34.3. The third kappa shape index (κ3) is 11.6. The number of fused-ring (bicyclic) bond motifs is 3. The van der Waals surface area contributed by atoms with Crippen LogP contribution in [0.5, 0.6) is 0 Å². The molecule has 0 aliphatic carbocycles. The van der Waals surface area contributed by atoms with E-state index in [1.807, 2.05) is 57.2 Å². The van der Waals surface area contributed by atoms with Gasteiger partial charge in [-0.2, -0.15) is 15.0 Å². The first-order valence-corrected chi connectivity index (χ1v) is 20.5. The highest BCUT2D eigenvalue weighted by atomic mass is 16.3. The minimum atomic E-state index is -0.260. The van der Waals surface area contributed by atoms with Gasteiger partial charge in [-0.25, -0.2) is 29.9 Å². The van der Waals surface area contributed by atoms with E-state index in [0.717, 1.165) is 61.1 Å². The number of nitrogens with one attached hydrogen (secondary N) is 5. The Hall–Kier alpha value is -5.85. The average Bonchev–Trinajstić information content (AvgIpc) is 3.22. The number of nitrogen functional groups attached to an aromatic ring is 1. The molecule has 3 atom stereocenters. The fourth-order valence-electron chi connectivity index (χ4n) is 6.80. The van der Waals surface area contributed by atoms with Gasteiger partial charge in [0.25, 0.3) is 0 Å². The number of aliphatic hydroxyl groups is 3.